The Hall–Kier alpha value is -3.19. The molecule has 2 amide bonds. The van der Waals surface area contributed by atoms with E-state index in [0.717, 1.165) is 11.3 Å². The third kappa shape index (κ3) is 4.07. The van der Waals surface area contributed by atoms with Crippen molar-refractivity contribution in [2.45, 2.75) is 6.92 Å². The van der Waals surface area contributed by atoms with E-state index in [-0.39, 0.29) is 11.8 Å². The first-order valence-corrected chi connectivity index (χ1v) is 8.67. The number of amides is 2. The van der Waals surface area contributed by atoms with Gasteiger partial charge in [0.05, 0.1) is 12.8 Å². The van der Waals surface area contributed by atoms with Crippen molar-refractivity contribution in [3.05, 3.63) is 70.7 Å². The summed E-state index contributed by atoms with van der Waals surface area (Å²) in [4.78, 5) is 29.4. The number of carbonyl (C=O) groups excluding carboxylic acids is 2. The largest absolute Gasteiger partial charge is 0.497 e. The van der Waals surface area contributed by atoms with Crippen LogP contribution in [0.4, 0.5) is 10.8 Å². The Morgan fingerprint density at radius 3 is 2.31 bits per heavy atom. The lowest BCUT2D eigenvalue weighted by molar-refractivity contribution is 0.102. The molecular weight excluding hydrogens is 350 g/mol. The quantitative estimate of drug-likeness (QED) is 0.715. The number of hydrogen-bond acceptors (Lipinski definition) is 5. The van der Waals surface area contributed by atoms with Gasteiger partial charge >= 0.3 is 0 Å². The smallest absolute Gasteiger partial charge is 0.267 e. The second kappa shape index (κ2) is 7.79. The van der Waals surface area contributed by atoms with Gasteiger partial charge in [0, 0.05) is 11.3 Å². The molecule has 0 aliphatic heterocycles. The van der Waals surface area contributed by atoms with Gasteiger partial charge in [-0.3, -0.25) is 14.9 Å². The number of benzene rings is 2. The van der Waals surface area contributed by atoms with E-state index < -0.39 is 0 Å². The van der Waals surface area contributed by atoms with Gasteiger partial charge in [-0.2, -0.15) is 0 Å². The molecule has 132 valence electrons. The summed E-state index contributed by atoms with van der Waals surface area (Å²) >= 11 is 1.14. The van der Waals surface area contributed by atoms with Crippen LogP contribution in [0, 0.1) is 6.92 Å². The van der Waals surface area contributed by atoms with Crippen molar-refractivity contribution < 1.29 is 14.3 Å². The number of hydrogen-bond donors (Lipinski definition) is 2. The molecule has 0 radical (unpaired) electrons. The predicted molar refractivity (Wildman–Crippen MR) is 102 cm³/mol. The molecule has 0 unspecified atom stereocenters. The van der Waals surface area contributed by atoms with E-state index >= 15 is 0 Å². The van der Waals surface area contributed by atoms with Crippen LogP contribution in [0.1, 0.15) is 25.7 Å². The molecule has 7 heteroatoms. The van der Waals surface area contributed by atoms with Crippen LogP contribution in [-0.4, -0.2) is 23.9 Å². The first kappa shape index (κ1) is 17.6. The number of aryl methyl sites for hydroxylation is 1. The molecule has 0 saturated carbocycles. The van der Waals surface area contributed by atoms with Crippen LogP contribution in [-0.2, 0) is 0 Å². The van der Waals surface area contributed by atoms with Gasteiger partial charge in [0.25, 0.3) is 11.8 Å². The zero-order valence-corrected chi connectivity index (χ0v) is 15.1. The minimum Gasteiger partial charge on any atom is -0.497 e. The average molecular weight is 367 g/mol. The van der Waals surface area contributed by atoms with E-state index in [2.05, 4.69) is 15.6 Å². The molecule has 3 rings (SSSR count). The Kier molecular flexibility index (Phi) is 5.28. The lowest BCUT2D eigenvalue weighted by Gasteiger charge is -2.05. The highest BCUT2D eigenvalue weighted by atomic mass is 32.1. The predicted octanol–water partition coefficient (Wildman–Crippen LogP) is 3.96. The van der Waals surface area contributed by atoms with E-state index in [9.17, 15) is 9.59 Å². The lowest BCUT2D eigenvalue weighted by Crippen LogP contribution is -2.11. The summed E-state index contributed by atoms with van der Waals surface area (Å²) in [5.41, 5.74) is 1.74. The standard InChI is InChI=1S/C19H17N3O3S/c1-12-16(18(24)21-14-8-10-15(25-2)11-9-14)26-19(20-12)22-17(23)13-6-4-3-5-7-13/h3-11H,1-2H3,(H,21,24)(H,20,22,23). The van der Waals surface area contributed by atoms with Crippen molar-refractivity contribution in [2.75, 3.05) is 17.7 Å². The number of anilines is 2. The molecule has 0 fully saturated rings. The van der Waals surface area contributed by atoms with Crippen molar-refractivity contribution in [2.24, 2.45) is 0 Å². The molecule has 6 nitrogen and oxygen atoms in total. The lowest BCUT2D eigenvalue weighted by atomic mass is 10.2. The number of rotatable bonds is 5. The van der Waals surface area contributed by atoms with Gasteiger partial charge in [-0.1, -0.05) is 29.5 Å². The fraction of sp³-hybridized carbons (Fsp3) is 0.105. The van der Waals surface area contributed by atoms with Crippen LogP contribution in [0.2, 0.25) is 0 Å². The fourth-order valence-electron chi connectivity index (χ4n) is 2.28. The molecule has 2 aromatic carbocycles. The zero-order valence-electron chi connectivity index (χ0n) is 14.3. The number of aromatic nitrogens is 1. The number of methoxy groups -OCH3 is 1. The number of nitrogens with one attached hydrogen (secondary N) is 2. The molecule has 3 aromatic rings. The summed E-state index contributed by atoms with van der Waals surface area (Å²) in [6.45, 7) is 1.73. The van der Waals surface area contributed by atoms with Crippen molar-refractivity contribution >= 4 is 34.0 Å². The summed E-state index contributed by atoms with van der Waals surface area (Å²) in [5, 5.41) is 5.92. The molecule has 0 aliphatic rings. The molecule has 0 spiro atoms. The Morgan fingerprint density at radius 2 is 1.65 bits per heavy atom. The Labute approximate surface area is 154 Å². The molecule has 2 N–H and O–H groups in total. The highest BCUT2D eigenvalue weighted by molar-refractivity contribution is 7.17. The van der Waals surface area contributed by atoms with Gasteiger partial charge in [0.15, 0.2) is 5.13 Å². The number of ether oxygens (including phenoxy) is 1. The number of nitrogens with zero attached hydrogens (tertiary/aromatic N) is 1. The van der Waals surface area contributed by atoms with Crippen molar-refractivity contribution in [3.63, 3.8) is 0 Å². The SMILES string of the molecule is COc1ccc(NC(=O)c2sc(NC(=O)c3ccccc3)nc2C)cc1. The van der Waals surface area contributed by atoms with E-state index in [4.69, 9.17) is 4.74 Å². The highest BCUT2D eigenvalue weighted by Gasteiger charge is 2.17. The van der Waals surface area contributed by atoms with E-state index in [1.165, 1.54) is 0 Å². The molecule has 0 atom stereocenters. The third-order valence-corrected chi connectivity index (χ3v) is 4.68. The van der Waals surface area contributed by atoms with Crippen LogP contribution >= 0.6 is 11.3 Å². The normalized spacial score (nSPS) is 10.2. The molecule has 0 bridgehead atoms. The maximum atomic E-state index is 12.5. The van der Waals surface area contributed by atoms with Crippen molar-refractivity contribution in [1.82, 2.24) is 4.98 Å². The van der Waals surface area contributed by atoms with Crippen LogP contribution < -0.4 is 15.4 Å². The van der Waals surface area contributed by atoms with Crippen LogP contribution in [0.3, 0.4) is 0 Å². The first-order valence-electron chi connectivity index (χ1n) is 7.86. The average Bonchev–Trinajstić information content (AvgIpc) is 3.03. The van der Waals surface area contributed by atoms with Gasteiger partial charge < -0.3 is 10.1 Å². The minimum absolute atomic E-state index is 0.263. The number of thiazole rings is 1. The van der Waals surface area contributed by atoms with Crippen LogP contribution in [0.5, 0.6) is 5.75 Å². The third-order valence-electron chi connectivity index (χ3n) is 3.61. The van der Waals surface area contributed by atoms with Crippen molar-refractivity contribution in [1.29, 1.82) is 0 Å². The van der Waals surface area contributed by atoms with Gasteiger partial charge in [-0.05, 0) is 43.3 Å². The number of carbonyl (C=O) groups is 2. The van der Waals surface area contributed by atoms with Gasteiger partial charge in [-0.25, -0.2) is 4.98 Å². The summed E-state index contributed by atoms with van der Waals surface area (Å²) in [5.74, 6) is 0.176. The maximum Gasteiger partial charge on any atom is 0.267 e. The molecule has 0 saturated heterocycles. The summed E-state index contributed by atoms with van der Waals surface area (Å²) in [6.07, 6.45) is 0. The molecular formula is C19H17N3O3S. The Morgan fingerprint density at radius 1 is 0.962 bits per heavy atom. The second-order valence-electron chi connectivity index (χ2n) is 5.44. The Balaban J connectivity index is 1.70. The molecule has 1 aromatic heterocycles. The monoisotopic (exact) mass is 367 g/mol. The van der Waals surface area contributed by atoms with Gasteiger partial charge in [0.1, 0.15) is 10.6 Å². The summed E-state index contributed by atoms with van der Waals surface area (Å²) in [7, 11) is 1.58. The Bertz CT molecular complexity index is 921. The second-order valence-corrected chi connectivity index (χ2v) is 6.44. The van der Waals surface area contributed by atoms with Gasteiger partial charge in [-0.15, -0.1) is 0 Å². The molecule has 1 heterocycles. The fourth-order valence-corrected chi connectivity index (χ4v) is 3.14. The molecule has 0 aliphatic carbocycles. The van der Waals surface area contributed by atoms with E-state index in [0.29, 0.717) is 32.7 Å². The van der Waals surface area contributed by atoms with Crippen molar-refractivity contribution in [3.8, 4) is 5.75 Å². The van der Waals surface area contributed by atoms with Crippen LogP contribution in [0.15, 0.2) is 54.6 Å². The highest BCUT2D eigenvalue weighted by Crippen LogP contribution is 2.24. The molecule has 26 heavy (non-hydrogen) atoms. The zero-order chi connectivity index (χ0) is 18.5. The first-order chi connectivity index (χ1) is 12.6. The summed E-state index contributed by atoms with van der Waals surface area (Å²) in [6, 6.07) is 15.9. The summed E-state index contributed by atoms with van der Waals surface area (Å²) < 4.78 is 5.09. The van der Waals surface area contributed by atoms with E-state index in [1.807, 2.05) is 6.07 Å². The topological polar surface area (TPSA) is 80.3 Å². The maximum absolute atomic E-state index is 12.5. The van der Waals surface area contributed by atoms with Gasteiger partial charge in [0.2, 0.25) is 0 Å². The minimum atomic E-state index is -0.273. The van der Waals surface area contributed by atoms with Crippen LogP contribution in [0.25, 0.3) is 0 Å². The van der Waals surface area contributed by atoms with E-state index in [1.54, 1.807) is 62.6 Å².